The topological polar surface area (TPSA) is 52.3 Å². The van der Waals surface area contributed by atoms with Crippen molar-refractivity contribution in [2.24, 2.45) is 5.73 Å². The van der Waals surface area contributed by atoms with Crippen LogP contribution in [-0.2, 0) is 9.53 Å². The lowest BCUT2D eigenvalue weighted by Crippen LogP contribution is -2.31. The zero-order valence-electron chi connectivity index (χ0n) is 9.12. The molecule has 0 aromatic heterocycles. The van der Waals surface area contributed by atoms with Gasteiger partial charge < -0.3 is 10.5 Å². The molecule has 2 N–H and O–H groups in total. The zero-order valence-corrected chi connectivity index (χ0v) is 11.5. The highest BCUT2D eigenvalue weighted by molar-refractivity contribution is 9.10. The predicted octanol–water partition coefficient (Wildman–Crippen LogP) is 3.00. The zero-order chi connectivity index (χ0) is 13.0. The van der Waals surface area contributed by atoms with Gasteiger partial charge in [0.25, 0.3) is 0 Å². The van der Waals surface area contributed by atoms with Crippen molar-refractivity contribution in [3.8, 4) is 0 Å². The van der Waals surface area contributed by atoms with Gasteiger partial charge in [0, 0.05) is 9.50 Å². The predicted molar refractivity (Wildman–Crippen MR) is 67.6 cm³/mol. The number of rotatable bonds is 4. The number of carbonyl (C=O) groups is 1. The van der Waals surface area contributed by atoms with E-state index in [9.17, 15) is 9.18 Å². The van der Waals surface area contributed by atoms with Gasteiger partial charge in [-0.05, 0) is 30.7 Å². The molecular weight excluding hydrogens is 312 g/mol. The van der Waals surface area contributed by atoms with E-state index in [2.05, 4.69) is 20.7 Å². The monoisotopic (exact) mass is 323 g/mol. The number of carbonyl (C=O) groups excluding carboxylic acids is 1. The molecule has 0 amide bonds. The van der Waals surface area contributed by atoms with Gasteiger partial charge in [-0.2, -0.15) is 0 Å². The Morgan fingerprint density at radius 1 is 1.65 bits per heavy atom. The maximum atomic E-state index is 13.7. The first-order chi connectivity index (χ1) is 7.97. The smallest absolute Gasteiger partial charge is 0.342 e. The highest BCUT2D eigenvalue weighted by Crippen LogP contribution is 2.28. The number of halogens is 3. The number of hydrogen-bond acceptors (Lipinski definition) is 3. The first-order valence-electron chi connectivity index (χ1n) is 4.98. The second-order valence-corrected chi connectivity index (χ2v) is 4.67. The lowest BCUT2D eigenvalue weighted by atomic mass is 10.0. The molecule has 0 saturated heterocycles. The van der Waals surface area contributed by atoms with E-state index in [1.165, 1.54) is 0 Å². The van der Waals surface area contributed by atoms with Crippen molar-refractivity contribution < 1.29 is 13.9 Å². The van der Waals surface area contributed by atoms with Crippen LogP contribution in [0.1, 0.15) is 18.5 Å². The molecule has 0 fully saturated rings. The number of benzene rings is 1. The van der Waals surface area contributed by atoms with E-state index in [0.29, 0.717) is 15.1 Å². The fourth-order valence-corrected chi connectivity index (χ4v) is 1.92. The van der Waals surface area contributed by atoms with Crippen molar-refractivity contribution in [3.63, 3.8) is 0 Å². The van der Waals surface area contributed by atoms with Crippen molar-refractivity contribution in [1.82, 2.24) is 0 Å². The first-order valence-corrected chi connectivity index (χ1v) is 6.15. The van der Waals surface area contributed by atoms with Crippen molar-refractivity contribution in [3.05, 3.63) is 33.3 Å². The third-order valence-corrected chi connectivity index (χ3v) is 2.98. The molecule has 1 unspecified atom stereocenters. The molecule has 0 aliphatic heterocycles. The van der Waals surface area contributed by atoms with E-state index in [1.54, 1.807) is 25.1 Å². The summed E-state index contributed by atoms with van der Waals surface area (Å²) in [6, 6.07) is 3.73. The Labute approximate surface area is 112 Å². The molecule has 2 atom stereocenters. The molecule has 1 aromatic carbocycles. The molecule has 0 heterocycles. The van der Waals surface area contributed by atoms with Crippen LogP contribution in [0.4, 0.5) is 4.39 Å². The second-order valence-electron chi connectivity index (χ2n) is 3.35. The largest absolute Gasteiger partial charge is 0.464 e. The van der Waals surface area contributed by atoms with E-state index in [1.807, 2.05) is 0 Å². The van der Waals surface area contributed by atoms with E-state index in [0.717, 1.165) is 0 Å². The van der Waals surface area contributed by atoms with Crippen molar-refractivity contribution in [2.45, 2.75) is 19.1 Å². The van der Waals surface area contributed by atoms with Gasteiger partial charge in [0.1, 0.15) is 0 Å². The van der Waals surface area contributed by atoms with Gasteiger partial charge in [-0.15, -0.1) is 0 Å². The number of ether oxygens (including phenoxy) is 1. The van der Waals surface area contributed by atoms with Gasteiger partial charge in [0.05, 0.1) is 12.6 Å². The van der Waals surface area contributed by atoms with E-state index >= 15 is 0 Å². The normalized spacial score (nSPS) is 14.2. The molecule has 1 rings (SSSR count). The summed E-state index contributed by atoms with van der Waals surface area (Å²) in [5, 5.41) is 0.313. The van der Waals surface area contributed by atoms with E-state index in [4.69, 9.17) is 17.3 Å². The fraction of sp³-hybridized carbons (Fsp3) is 0.364. The van der Waals surface area contributed by atoms with Crippen LogP contribution in [0.2, 0.25) is 5.02 Å². The Balaban J connectivity index is 2.91. The summed E-state index contributed by atoms with van der Waals surface area (Å²) in [5.41, 5.74) is 6.02. The van der Waals surface area contributed by atoms with Crippen molar-refractivity contribution in [2.75, 3.05) is 6.61 Å². The molecule has 0 aliphatic carbocycles. The van der Waals surface area contributed by atoms with Crippen LogP contribution in [0.5, 0.6) is 0 Å². The Hall–Kier alpha value is -0.650. The fourth-order valence-electron chi connectivity index (χ4n) is 1.30. The lowest BCUT2D eigenvalue weighted by Gasteiger charge is -2.17. The van der Waals surface area contributed by atoms with E-state index in [-0.39, 0.29) is 6.61 Å². The Morgan fingerprint density at radius 2 is 2.29 bits per heavy atom. The van der Waals surface area contributed by atoms with Crippen LogP contribution in [0.25, 0.3) is 0 Å². The van der Waals surface area contributed by atoms with Gasteiger partial charge in [0.15, 0.2) is 0 Å². The Morgan fingerprint density at radius 3 is 2.88 bits per heavy atom. The summed E-state index contributed by atoms with van der Waals surface area (Å²) in [7, 11) is 0. The minimum absolute atomic E-state index is 0.109. The molecule has 17 heavy (non-hydrogen) atoms. The summed E-state index contributed by atoms with van der Waals surface area (Å²) in [6.07, 6.45) is -1.93. The Kier molecular flexibility index (Phi) is 5.36. The van der Waals surface area contributed by atoms with Gasteiger partial charge in [0.2, 0.25) is 6.17 Å². The summed E-state index contributed by atoms with van der Waals surface area (Å²) < 4.78 is 19.0. The van der Waals surface area contributed by atoms with Gasteiger partial charge in [-0.1, -0.05) is 27.5 Å². The van der Waals surface area contributed by atoms with Crippen LogP contribution >= 0.6 is 27.5 Å². The number of nitrogens with two attached hydrogens (primary N) is 1. The molecule has 0 radical (unpaired) electrons. The van der Waals surface area contributed by atoms with Gasteiger partial charge in [-0.25, -0.2) is 9.18 Å². The molecule has 0 bridgehead atoms. The van der Waals surface area contributed by atoms with Crippen LogP contribution in [0, 0.1) is 0 Å². The summed E-state index contributed by atoms with van der Waals surface area (Å²) in [4.78, 5) is 11.2. The third-order valence-electron chi connectivity index (χ3n) is 2.14. The standard InChI is InChI=1S/C11H12BrClFNO2/c1-2-17-11(16)9(14)10(15)7-5-6(12)3-4-8(7)13/h3-5,9-10H,2,15H2,1H3/t9?,10-/m0/s1. The quantitative estimate of drug-likeness (QED) is 0.866. The van der Waals surface area contributed by atoms with Crippen LogP contribution < -0.4 is 5.73 Å². The van der Waals surface area contributed by atoms with Crippen molar-refractivity contribution >= 4 is 33.5 Å². The van der Waals surface area contributed by atoms with Crippen LogP contribution in [-0.4, -0.2) is 18.7 Å². The molecule has 6 heteroatoms. The molecule has 0 spiro atoms. The molecule has 0 aliphatic rings. The van der Waals surface area contributed by atoms with Crippen molar-refractivity contribution in [1.29, 1.82) is 0 Å². The summed E-state index contributed by atoms with van der Waals surface area (Å²) in [6.45, 7) is 1.71. The van der Waals surface area contributed by atoms with Crippen LogP contribution in [0.15, 0.2) is 22.7 Å². The highest BCUT2D eigenvalue weighted by atomic mass is 79.9. The Bertz CT molecular complexity index is 416. The van der Waals surface area contributed by atoms with E-state index < -0.39 is 18.2 Å². The number of alkyl halides is 1. The van der Waals surface area contributed by atoms with Gasteiger partial charge in [-0.3, -0.25) is 0 Å². The third kappa shape index (κ3) is 3.66. The summed E-state index contributed by atoms with van der Waals surface area (Å²) in [5.74, 6) is -0.976. The average molecular weight is 325 g/mol. The summed E-state index contributed by atoms with van der Waals surface area (Å²) >= 11 is 9.13. The SMILES string of the molecule is CCOC(=O)C(F)[C@@H](N)c1cc(Br)ccc1Cl. The molecular formula is C11H12BrClFNO2. The molecule has 94 valence electrons. The maximum Gasteiger partial charge on any atom is 0.342 e. The van der Waals surface area contributed by atoms with Gasteiger partial charge >= 0.3 is 5.97 Å². The minimum Gasteiger partial charge on any atom is -0.464 e. The number of esters is 1. The van der Waals surface area contributed by atoms with Crippen LogP contribution in [0.3, 0.4) is 0 Å². The number of hydrogen-bond donors (Lipinski definition) is 1. The lowest BCUT2D eigenvalue weighted by molar-refractivity contribution is -0.149. The molecule has 3 nitrogen and oxygen atoms in total. The highest BCUT2D eigenvalue weighted by Gasteiger charge is 2.29. The minimum atomic E-state index is -1.93. The molecule has 0 saturated carbocycles. The maximum absolute atomic E-state index is 13.7. The molecule has 1 aromatic rings. The first kappa shape index (κ1) is 14.4. The average Bonchev–Trinajstić information content (AvgIpc) is 2.30. The second kappa shape index (κ2) is 6.33.